The van der Waals surface area contributed by atoms with Crippen molar-refractivity contribution in [2.45, 2.75) is 19.8 Å². The second-order valence-electron chi connectivity index (χ2n) is 6.20. The summed E-state index contributed by atoms with van der Waals surface area (Å²) < 4.78 is 16.5. The average Bonchev–Trinajstić information content (AvgIpc) is 3.19. The number of ether oxygens (including phenoxy) is 2. The van der Waals surface area contributed by atoms with E-state index in [0.717, 1.165) is 11.1 Å². The topological polar surface area (TPSA) is 74.5 Å². The molecule has 0 unspecified atom stereocenters. The molecule has 0 bridgehead atoms. The van der Waals surface area contributed by atoms with Crippen LogP contribution in [0.2, 0.25) is 0 Å². The third kappa shape index (κ3) is 4.46. The van der Waals surface area contributed by atoms with Gasteiger partial charge >= 0.3 is 0 Å². The molecule has 2 heterocycles. The van der Waals surface area contributed by atoms with Crippen molar-refractivity contribution in [2.75, 3.05) is 13.7 Å². The van der Waals surface area contributed by atoms with Crippen molar-refractivity contribution in [1.82, 2.24) is 9.97 Å². The van der Waals surface area contributed by atoms with Crippen LogP contribution in [0, 0.1) is 6.92 Å². The molecule has 0 atom stereocenters. The Labute approximate surface area is 163 Å². The van der Waals surface area contributed by atoms with E-state index in [1.54, 1.807) is 37.8 Å². The highest BCUT2D eigenvalue weighted by Gasteiger charge is 2.14. The molecule has 28 heavy (non-hydrogen) atoms. The Hall–Kier alpha value is -3.41. The Bertz CT molecular complexity index is 978. The van der Waals surface area contributed by atoms with Crippen molar-refractivity contribution in [2.24, 2.45) is 0 Å². The Morgan fingerprint density at radius 3 is 2.89 bits per heavy atom. The number of pyridine rings is 1. The Morgan fingerprint density at radius 1 is 1.29 bits per heavy atom. The second-order valence-corrected chi connectivity index (χ2v) is 6.20. The number of oxazole rings is 1. The van der Waals surface area contributed by atoms with Crippen LogP contribution in [-0.4, -0.2) is 29.5 Å². The van der Waals surface area contributed by atoms with Gasteiger partial charge in [-0.2, -0.15) is 0 Å². The highest BCUT2D eigenvalue weighted by atomic mass is 16.5. The summed E-state index contributed by atoms with van der Waals surface area (Å²) in [7, 11) is 1.58. The minimum absolute atomic E-state index is 0.00721. The molecule has 3 rings (SSSR count). The van der Waals surface area contributed by atoms with Crippen LogP contribution in [0.15, 0.2) is 59.9 Å². The summed E-state index contributed by atoms with van der Waals surface area (Å²) >= 11 is 0. The third-order valence-electron chi connectivity index (χ3n) is 4.20. The smallest absolute Gasteiger partial charge is 0.226 e. The van der Waals surface area contributed by atoms with Gasteiger partial charge in [-0.25, -0.2) is 4.98 Å². The highest BCUT2D eigenvalue weighted by Crippen LogP contribution is 2.32. The third-order valence-corrected chi connectivity index (χ3v) is 4.20. The molecule has 0 amide bonds. The van der Waals surface area contributed by atoms with Gasteiger partial charge in [0.15, 0.2) is 17.3 Å². The molecule has 0 aliphatic carbocycles. The number of carbonyl (C=O) groups excluding carboxylic acids is 1. The number of carbonyl (C=O) groups is 1. The van der Waals surface area contributed by atoms with E-state index in [4.69, 9.17) is 13.9 Å². The number of benzene rings is 1. The summed E-state index contributed by atoms with van der Waals surface area (Å²) in [5.74, 6) is 1.66. The molecular formula is C22H22N2O4. The number of hydrogen-bond acceptors (Lipinski definition) is 6. The van der Waals surface area contributed by atoms with E-state index in [2.05, 4.69) is 16.5 Å². The molecule has 0 N–H and O–H groups in total. The van der Waals surface area contributed by atoms with Gasteiger partial charge in [0.25, 0.3) is 0 Å². The molecule has 2 aromatic heterocycles. The Morgan fingerprint density at radius 2 is 2.14 bits per heavy atom. The number of rotatable bonds is 9. The Balaban J connectivity index is 1.71. The van der Waals surface area contributed by atoms with Crippen molar-refractivity contribution >= 4 is 5.78 Å². The van der Waals surface area contributed by atoms with Crippen LogP contribution in [0.25, 0.3) is 11.5 Å². The van der Waals surface area contributed by atoms with Crippen LogP contribution in [0.4, 0.5) is 0 Å². The largest absolute Gasteiger partial charge is 0.493 e. The molecule has 144 valence electrons. The quantitative estimate of drug-likeness (QED) is 0.405. The fourth-order valence-electron chi connectivity index (χ4n) is 2.76. The molecule has 6 nitrogen and oxygen atoms in total. The summed E-state index contributed by atoms with van der Waals surface area (Å²) in [6, 6.07) is 9.14. The maximum absolute atomic E-state index is 12.4. The van der Waals surface area contributed by atoms with Gasteiger partial charge in [-0.3, -0.25) is 9.78 Å². The van der Waals surface area contributed by atoms with Gasteiger partial charge in [0.05, 0.1) is 12.8 Å². The first-order valence-corrected chi connectivity index (χ1v) is 8.93. The standard InChI is InChI=1S/C22H22N2O4/c1-4-12-27-20-13-16(7-10-19(20)26-3)22-24-17(14-28-22)8-9-18(25)21-15(2)6-5-11-23-21/h4-7,10-11,13-14H,1,8-9,12H2,2-3H3. The van der Waals surface area contributed by atoms with Gasteiger partial charge in [0.1, 0.15) is 18.6 Å². The first-order chi connectivity index (χ1) is 13.6. The lowest BCUT2D eigenvalue weighted by molar-refractivity contribution is 0.0977. The normalized spacial score (nSPS) is 10.5. The van der Waals surface area contributed by atoms with E-state index in [1.165, 1.54) is 0 Å². The van der Waals surface area contributed by atoms with Crippen molar-refractivity contribution < 1.29 is 18.7 Å². The lowest BCUT2D eigenvalue weighted by Crippen LogP contribution is -2.06. The van der Waals surface area contributed by atoms with Gasteiger partial charge in [0.2, 0.25) is 5.89 Å². The van der Waals surface area contributed by atoms with Crippen LogP contribution in [0.5, 0.6) is 11.5 Å². The number of methoxy groups -OCH3 is 1. The van der Waals surface area contributed by atoms with Crippen molar-refractivity contribution in [3.8, 4) is 23.0 Å². The predicted octanol–water partition coefficient (Wildman–Crippen LogP) is 4.43. The fraction of sp³-hybridized carbons (Fsp3) is 0.227. The summed E-state index contributed by atoms with van der Waals surface area (Å²) in [6.45, 7) is 5.89. The molecule has 0 aliphatic rings. The van der Waals surface area contributed by atoms with Crippen molar-refractivity contribution in [3.63, 3.8) is 0 Å². The van der Waals surface area contributed by atoms with Gasteiger partial charge in [-0.15, -0.1) is 0 Å². The van der Waals surface area contributed by atoms with Gasteiger partial charge in [0, 0.05) is 24.6 Å². The van der Waals surface area contributed by atoms with E-state index >= 15 is 0 Å². The van der Waals surface area contributed by atoms with Gasteiger partial charge < -0.3 is 13.9 Å². The molecule has 0 radical (unpaired) electrons. The van der Waals surface area contributed by atoms with Crippen molar-refractivity contribution in [3.05, 3.63) is 72.4 Å². The summed E-state index contributed by atoms with van der Waals surface area (Å²) in [5.41, 5.74) is 2.85. The zero-order valence-electron chi connectivity index (χ0n) is 16.0. The minimum atomic E-state index is -0.00721. The van der Waals surface area contributed by atoms with E-state index in [9.17, 15) is 4.79 Å². The highest BCUT2D eigenvalue weighted by molar-refractivity contribution is 5.95. The van der Waals surface area contributed by atoms with E-state index in [0.29, 0.717) is 48.2 Å². The SMILES string of the molecule is C=CCOc1cc(-c2nc(CCC(=O)c3ncccc3C)co2)ccc1OC. The number of aryl methyl sites for hydroxylation is 2. The zero-order chi connectivity index (χ0) is 19.9. The summed E-state index contributed by atoms with van der Waals surface area (Å²) in [4.78, 5) is 21.0. The molecule has 1 aromatic carbocycles. The van der Waals surface area contributed by atoms with E-state index in [-0.39, 0.29) is 5.78 Å². The molecule has 0 saturated heterocycles. The van der Waals surface area contributed by atoms with E-state index < -0.39 is 0 Å². The average molecular weight is 378 g/mol. The second kappa shape index (κ2) is 8.99. The summed E-state index contributed by atoms with van der Waals surface area (Å²) in [6.07, 6.45) is 5.66. The molecule has 3 aromatic rings. The van der Waals surface area contributed by atoms with E-state index in [1.807, 2.05) is 25.1 Å². The first-order valence-electron chi connectivity index (χ1n) is 8.93. The monoisotopic (exact) mass is 378 g/mol. The minimum Gasteiger partial charge on any atom is -0.493 e. The maximum atomic E-state index is 12.4. The molecule has 6 heteroatoms. The van der Waals surface area contributed by atoms with Crippen LogP contribution < -0.4 is 9.47 Å². The van der Waals surface area contributed by atoms with Gasteiger partial charge in [-0.1, -0.05) is 18.7 Å². The molecule has 0 spiro atoms. The fourth-order valence-corrected chi connectivity index (χ4v) is 2.76. The van der Waals surface area contributed by atoms with Crippen LogP contribution >= 0.6 is 0 Å². The Kier molecular flexibility index (Phi) is 6.22. The lowest BCUT2D eigenvalue weighted by Gasteiger charge is -2.09. The van der Waals surface area contributed by atoms with Crippen LogP contribution in [-0.2, 0) is 6.42 Å². The first kappa shape index (κ1) is 19.4. The number of nitrogens with zero attached hydrogens (tertiary/aromatic N) is 2. The lowest BCUT2D eigenvalue weighted by atomic mass is 10.1. The zero-order valence-corrected chi connectivity index (χ0v) is 16.0. The summed E-state index contributed by atoms with van der Waals surface area (Å²) in [5, 5.41) is 0. The number of ketones is 1. The number of aromatic nitrogens is 2. The predicted molar refractivity (Wildman–Crippen MR) is 106 cm³/mol. The van der Waals surface area contributed by atoms with Crippen molar-refractivity contribution in [1.29, 1.82) is 0 Å². The van der Waals surface area contributed by atoms with Crippen LogP contribution in [0.3, 0.4) is 0 Å². The molecular weight excluding hydrogens is 356 g/mol. The van der Waals surface area contributed by atoms with Gasteiger partial charge in [-0.05, 0) is 36.8 Å². The maximum Gasteiger partial charge on any atom is 0.226 e. The molecule has 0 aliphatic heterocycles. The number of Topliss-reactive ketones (excluding diaryl/α,β-unsaturated/α-hetero) is 1. The van der Waals surface area contributed by atoms with Crippen LogP contribution in [0.1, 0.15) is 28.2 Å². The molecule has 0 fully saturated rings. The molecule has 0 saturated carbocycles. The number of hydrogen-bond donors (Lipinski definition) is 0.